The SMILES string of the molecule is CN(C)C(=O)Sc1nncn1CCCl. The van der Waals surface area contributed by atoms with E-state index in [0.29, 0.717) is 17.6 Å². The zero-order valence-corrected chi connectivity index (χ0v) is 9.55. The minimum Gasteiger partial charge on any atom is -0.339 e. The lowest BCUT2D eigenvalue weighted by Gasteiger charge is -2.08. The number of amides is 1. The molecule has 0 aliphatic carbocycles. The maximum atomic E-state index is 11.3. The molecule has 1 aromatic rings. The number of carbonyl (C=O) groups is 1. The highest BCUT2D eigenvalue weighted by atomic mass is 35.5. The largest absolute Gasteiger partial charge is 0.339 e. The van der Waals surface area contributed by atoms with Gasteiger partial charge in [0.2, 0.25) is 0 Å². The van der Waals surface area contributed by atoms with Crippen LogP contribution in [0.3, 0.4) is 0 Å². The average molecular weight is 235 g/mol. The van der Waals surface area contributed by atoms with E-state index in [9.17, 15) is 4.79 Å². The summed E-state index contributed by atoms with van der Waals surface area (Å²) in [6, 6.07) is 0. The highest BCUT2D eigenvalue weighted by Crippen LogP contribution is 2.17. The second-order valence-electron chi connectivity index (χ2n) is 2.76. The Morgan fingerprint density at radius 3 is 3.00 bits per heavy atom. The van der Waals surface area contributed by atoms with Crippen LogP contribution in [0.1, 0.15) is 0 Å². The number of aromatic nitrogens is 3. The van der Waals surface area contributed by atoms with Crippen LogP contribution in [0.4, 0.5) is 4.79 Å². The van der Waals surface area contributed by atoms with Gasteiger partial charge in [-0.05, 0) is 0 Å². The van der Waals surface area contributed by atoms with Gasteiger partial charge in [-0.3, -0.25) is 4.79 Å². The lowest BCUT2D eigenvalue weighted by Crippen LogP contribution is -2.17. The normalized spacial score (nSPS) is 10.2. The van der Waals surface area contributed by atoms with Crippen molar-refractivity contribution in [1.29, 1.82) is 0 Å². The smallest absolute Gasteiger partial charge is 0.288 e. The summed E-state index contributed by atoms with van der Waals surface area (Å²) < 4.78 is 1.75. The Bertz CT molecular complexity index is 314. The third-order valence-corrected chi connectivity index (χ3v) is 2.66. The molecule has 0 N–H and O–H groups in total. The Kier molecular flexibility index (Phi) is 4.21. The van der Waals surface area contributed by atoms with Crippen molar-refractivity contribution in [2.45, 2.75) is 11.7 Å². The van der Waals surface area contributed by atoms with Crippen molar-refractivity contribution < 1.29 is 4.79 Å². The molecule has 0 bridgehead atoms. The van der Waals surface area contributed by atoms with Crippen molar-refractivity contribution >= 4 is 28.6 Å². The van der Waals surface area contributed by atoms with E-state index in [4.69, 9.17) is 11.6 Å². The molecule has 0 aliphatic heterocycles. The molecule has 1 aromatic heterocycles. The Morgan fingerprint density at radius 1 is 1.71 bits per heavy atom. The van der Waals surface area contributed by atoms with Gasteiger partial charge in [0, 0.05) is 38.3 Å². The van der Waals surface area contributed by atoms with E-state index >= 15 is 0 Å². The van der Waals surface area contributed by atoms with Gasteiger partial charge in [0.15, 0.2) is 5.16 Å². The highest BCUT2D eigenvalue weighted by molar-refractivity contribution is 8.13. The quantitative estimate of drug-likeness (QED) is 0.584. The minimum atomic E-state index is -0.0752. The molecule has 5 nitrogen and oxygen atoms in total. The summed E-state index contributed by atoms with van der Waals surface area (Å²) in [5.74, 6) is 0.474. The molecule has 14 heavy (non-hydrogen) atoms. The molecule has 0 fully saturated rings. The fourth-order valence-electron chi connectivity index (χ4n) is 0.737. The second kappa shape index (κ2) is 5.21. The molecule has 0 atom stereocenters. The third kappa shape index (κ3) is 2.88. The first kappa shape index (κ1) is 11.3. The number of halogens is 1. The molecule has 0 spiro atoms. The van der Waals surface area contributed by atoms with E-state index in [1.165, 1.54) is 4.90 Å². The fourth-order valence-corrected chi connectivity index (χ4v) is 1.60. The molecule has 1 heterocycles. The van der Waals surface area contributed by atoms with Crippen molar-refractivity contribution in [3.05, 3.63) is 6.33 Å². The highest BCUT2D eigenvalue weighted by Gasteiger charge is 2.12. The number of hydrogen-bond donors (Lipinski definition) is 0. The number of nitrogens with zero attached hydrogens (tertiary/aromatic N) is 4. The minimum absolute atomic E-state index is 0.0752. The van der Waals surface area contributed by atoms with E-state index in [-0.39, 0.29) is 5.24 Å². The van der Waals surface area contributed by atoms with Crippen LogP contribution in [0, 0.1) is 0 Å². The summed E-state index contributed by atoms with van der Waals surface area (Å²) in [6.07, 6.45) is 1.56. The molecule has 1 amide bonds. The molecular formula is C7H11ClN4OS. The van der Waals surface area contributed by atoms with Crippen molar-refractivity contribution in [1.82, 2.24) is 19.7 Å². The predicted octanol–water partition coefficient (Wildman–Crippen LogP) is 1.29. The summed E-state index contributed by atoms with van der Waals surface area (Å²) in [5, 5.41) is 8.04. The van der Waals surface area contributed by atoms with Gasteiger partial charge in [-0.25, -0.2) is 0 Å². The van der Waals surface area contributed by atoms with Gasteiger partial charge in [-0.15, -0.1) is 21.8 Å². The van der Waals surface area contributed by atoms with Crippen LogP contribution in [0.5, 0.6) is 0 Å². The Hall–Kier alpha value is -0.750. The number of thioether (sulfide) groups is 1. The number of hydrogen-bond acceptors (Lipinski definition) is 4. The lowest BCUT2D eigenvalue weighted by atomic mass is 10.7. The Balaban J connectivity index is 2.66. The maximum Gasteiger partial charge on any atom is 0.288 e. The fraction of sp³-hybridized carbons (Fsp3) is 0.571. The van der Waals surface area contributed by atoms with Crippen LogP contribution in [0.2, 0.25) is 0 Å². The monoisotopic (exact) mass is 234 g/mol. The average Bonchev–Trinajstić information content (AvgIpc) is 2.53. The Morgan fingerprint density at radius 2 is 2.43 bits per heavy atom. The Labute approximate surface area is 91.4 Å². The summed E-state index contributed by atoms with van der Waals surface area (Å²) in [5.41, 5.74) is 0. The van der Waals surface area contributed by atoms with Gasteiger partial charge in [0.1, 0.15) is 6.33 Å². The van der Waals surface area contributed by atoms with Gasteiger partial charge in [0.05, 0.1) is 0 Å². The van der Waals surface area contributed by atoms with Crippen LogP contribution in [0.25, 0.3) is 0 Å². The van der Waals surface area contributed by atoms with Gasteiger partial charge in [0.25, 0.3) is 5.24 Å². The molecule has 0 aromatic carbocycles. The van der Waals surface area contributed by atoms with Crippen molar-refractivity contribution in [3.63, 3.8) is 0 Å². The van der Waals surface area contributed by atoms with Crippen LogP contribution in [-0.4, -0.2) is 44.9 Å². The zero-order valence-electron chi connectivity index (χ0n) is 7.97. The van der Waals surface area contributed by atoms with E-state index in [2.05, 4.69) is 10.2 Å². The van der Waals surface area contributed by atoms with E-state index in [0.717, 1.165) is 11.8 Å². The van der Waals surface area contributed by atoms with Crippen molar-refractivity contribution in [2.75, 3.05) is 20.0 Å². The molecule has 0 unspecified atom stereocenters. The molecule has 0 saturated carbocycles. The molecule has 0 saturated heterocycles. The third-order valence-electron chi connectivity index (χ3n) is 1.45. The van der Waals surface area contributed by atoms with Crippen LogP contribution < -0.4 is 0 Å². The standard InChI is InChI=1S/C7H11ClN4OS/c1-11(2)7(13)14-6-10-9-5-12(6)4-3-8/h5H,3-4H2,1-2H3. The van der Waals surface area contributed by atoms with Gasteiger partial charge >= 0.3 is 0 Å². The number of aryl methyl sites for hydroxylation is 1. The molecule has 1 rings (SSSR count). The first-order valence-electron chi connectivity index (χ1n) is 3.98. The van der Waals surface area contributed by atoms with Gasteiger partial charge < -0.3 is 9.47 Å². The zero-order chi connectivity index (χ0) is 10.6. The first-order valence-corrected chi connectivity index (χ1v) is 5.33. The van der Waals surface area contributed by atoms with Crippen LogP contribution in [0.15, 0.2) is 11.5 Å². The van der Waals surface area contributed by atoms with Crippen molar-refractivity contribution in [3.8, 4) is 0 Å². The number of carbonyl (C=O) groups excluding carboxylic acids is 1. The summed E-state index contributed by atoms with van der Waals surface area (Å²) in [6.45, 7) is 0.609. The summed E-state index contributed by atoms with van der Waals surface area (Å²) in [4.78, 5) is 12.8. The molecule has 0 radical (unpaired) electrons. The topological polar surface area (TPSA) is 51.0 Å². The summed E-state index contributed by atoms with van der Waals surface area (Å²) >= 11 is 6.63. The molecule has 7 heteroatoms. The van der Waals surface area contributed by atoms with Gasteiger partial charge in [-0.2, -0.15) is 0 Å². The van der Waals surface area contributed by atoms with Gasteiger partial charge in [-0.1, -0.05) is 0 Å². The van der Waals surface area contributed by atoms with E-state index in [1.807, 2.05) is 0 Å². The predicted molar refractivity (Wildman–Crippen MR) is 55.7 cm³/mol. The second-order valence-corrected chi connectivity index (χ2v) is 4.05. The lowest BCUT2D eigenvalue weighted by molar-refractivity contribution is 0.241. The van der Waals surface area contributed by atoms with E-state index in [1.54, 1.807) is 25.0 Å². The first-order chi connectivity index (χ1) is 6.65. The van der Waals surface area contributed by atoms with Crippen LogP contribution >= 0.6 is 23.4 Å². The van der Waals surface area contributed by atoms with Crippen molar-refractivity contribution in [2.24, 2.45) is 0 Å². The molecule has 78 valence electrons. The maximum absolute atomic E-state index is 11.3. The van der Waals surface area contributed by atoms with E-state index < -0.39 is 0 Å². The number of alkyl halides is 1. The summed E-state index contributed by atoms with van der Waals surface area (Å²) in [7, 11) is 3.38. The molecule has 0 aliphatic rings. The molecular weight excluding hydrogens is 224 g/mol. The number of rotatable bonds is 3. The van der Waals surface area contributed by atoms with Crippen LogP contribution in [-0.2, 0) is 6.54 Å².